The lowest BCUT2D eigenvalue weighted by atomic mass is 10.0. The molecular formula is C9H17N5O. The highest BCUT2D eigenvalue weighted by atomic mass is 16.1. The third-order valence-corrected chi connectivity index (χ3v) is 2.15. The molecule has 6 nitrogen and oxygen atoms in total. The van der Waals surface area contributed by atoms with Gasteiger partial charge in [0.1, 0.15) is 5.69 Å². The standard InChI is InChI=1S/C9H17N5O/c1-6(8(10)15)4-14-5-7(12-13-14)9(2,3)11/h5-6H,4,11H2,1-3H3,(H2,10,15). The van der Waals surface area contributed by atoms with Crippen molar-refractivity contribution in [1.82, 2.24) is 15.0 Å². The highest BCUT2D eigenvalue weighted by molar-refractivity contribution is 5.76. The molecule has 0 aliphatic heterocycles. The number of amides is 1. The first-order valence-corrected chi connectivity index (χ1v) is 4.79. The molecule has 1 aromatic rings. The fourth-order valence-electron chi connectivity index (χ4n) is 1.05. The molecule has 0 spiro atoms. The second-order valence-corrected chi connectivity index (χ2v) is 4.35. The molecule has 1 rings (SSSR count). The molecule has 0 aromatic carbocycles. The molecule has 0 aliphatic carbocycles. The summed E-state index contributed by atoms with van der Waals surface area (Å²) in [5, 5.41) is 7.82. The van der Waals surface area contributed by atoms with E-state index in [9.17, 15) is 4.79 Å². The van der Waals surface area contributed by atoms with Gasteiger partial charge >= 0.3 is 0 Å². The van der Waals surface area contributed by atoms with Crippen LogP contribution in [0.1, 0.15) is 26.5 Å². The minimum absolute atomic E-state index is 0.263. The Hall–Kier alpha value is -1.43. The van der Waals surface area contributed by atoms with Gasteiger partial charge in [0.2, 0.25) is 5.91 Å². The van der Waals surface area contributed by atoms with Gasteiger partial charge in [0, 0.05) is 0 Å². The largest absolute Gasteiger partial charge is 0.369 e. The number of carbonyl (C=O) groups excluding carboxylic acids is 1. The quantitative estimate of drug-likeness (QED) is 0.707. The van der Waals surface area contributed by atoms with Crippen LogP contribution in [0.15, 0.2) is 6.20 Å². The number of nitrogens with zero attached hydrogens (tertiary/aromatic N) is 3. The highest BCUT2D eigenvalue weighted by Crippen LogP contribution is 2.12. The van der Waals surface area contributed by atoms with Crippen LogP contribution in [-0.2, 0) is 16.9 Å². The van der Waals surface area contributed by atoms with Gasteiger partial charge in [-0.1, -0.05) is 12.1 Å². The van der Waals surface area contributed by atoms with E-state index in [0.29, 0.717) is 12.2 Å². The number of primary amides is 1. The molecule has 1 aromatic heterocycles. The lowest BCUT2D eigenvalue weighted by molar-refractivity contribution is -0.121. The molecule has 15 heavy (non-hydrogen) atoms. The van der Waals surface area contributed by atoms with E-state index < -0.39 is 5.54 Å². The Morgan fingerprint density at radius 1 is 1.67 bits per heavy atom. The zero-order valence-electron chi connectivity index (χ0n) is 9.27. The predicted octanol–water partition coefficient (Wildman–Crippen LogP) is -0.407. The molecule has 1 unspecified atom stereocenters. The van der Waals surface area contributed by atoms with Crippen LogP contribution in [-0.4, -0.2) is 20.9 Å². The lowest BCUT2D eigenvalue weighted by Crippen LogP contribution is -2.29. The predicted molar refractivity (Wildman–Crippen MR) is 55.6 cm³/mol. The second-order valence-electron chi connectivity index (χ2n) is 4.35. The summed E-state index contributed by atoms with van der Waals surface area (Å²) in [5.74, 6) is -0.612. The SMILES string of the molecule is CC(Cn1cc(C(C)(C)N)nn1)C(N)=O. The number of carbonyl (C=O) groups is 1. The Morgan fingerprint density at radius 2 is 2.27 bits per heavy atom. The first-order chi connectivity index (χ1) is 6.80. The number of hydrogen-bond donors (Lipinski definition) is 2. The molecule has 1 heterocycles. The average Bonchev–Trinajstić information content (AvgIpc) is 2.51. The van der Waals surface area contributed by atoms with Gasteiger partial charge < -0.3 is 11.5 Å². The van der Waals surface area contributed by atoms with Gasteiger partial charge in [-0.15, -0.1) is 5.10 Å². The van der Waals surface area contributed by atoms with Crippen LogP contribution >= 0.6 is 0 Å². The van der Waals surface area contributed by atoms with E-state index >= 15 is 0 Å². The molecule has 1 amide bonds. The summed E-state index contributed by atoms with van der Waals surface area (Å²) < 4.78 is 1.58. The van der Waals surface area contributed by atoms with Crippen molar-refractivity contribution in [3.63, 3.8) is 0 Å². The fourth-order valence-corrected chi connectivity index (χ4v) is 1.05. The number of aromatic nitrogens is 3. The third kappa shape index (κ3) is 3.02. The Morgan fingerprint density at radius 3 is 2.67 bits per heavy atom. The summed E-state index contributed by atoms with van der Waals surface area (Å²) in [4.78, 5) is 10.8. The molecule has 0 bridgehead atoms. The van der Waals surface area contributed by atoms with Crippen LogP contribution in [0.3, 0.4) is 0 Å². The Labute approximate surface area is 88.6 Å². The number of rotatable bonds is 4. The molecule has 84 valence electrons. The summed E-state index contributed by atoms with van der Waals surface area (Å²) >= 11 is 0. The average molecular weight is 211 g/mol. The molecule has 4 N–H and O–H groups in total. The van der Waals surface area contributed by atoms with Crippen molar-refractivity contribution in [2.45, 2.75) is 32.9 Å². The summed E-state index contributed by atoms with van der Waals surface area (Å²) in [5.41, 5.74) is 11.2. The molecule has 0 saturated carbocycles. The molecule has 0 fully saturated rings. The summed E-state index contributed by atoms with van der Waals surface area (Å²) in [6.07, 6.45) is 1.74. The van der Waals surface area contributed by atoms with Crippen molar-refractivity contribution in [1.29, 1.82) is 0 Å². The van der Waals surface area contributed by atoms with Gasteiger partial charge in [-0.05, 0) is 13.8 Å². The van der Waals surface area contributed by atoms with Crippen LogP contribution in [0.5, 0.6) is 0 Å². The van der Waals surface area contributed by atoms with E-state index in [1.54, 1.807) is 17.8 Å². The van der Waals surface area contributed by atoms with Gasteiger partial charge in [-0.25, -0.2) is 0 Å². The van der Waals surface area contributed by atoms with E-state index in [2.05, 4.69) is 10.3 Å². The first-order valence-electron chi connectivity index (χ1n) is 4.79. The van der Waals surface area contributed by atoms with Gasteiger partial charge in [-0.2, -0.15) is 0 Å². The van der Waals surface area contributed by atoms with Gasteiger partial charge in [-0.3, -0.25) is 9.48 Å². The molecule has 0 radical (unpaired) electrons. The topological polar surface area (TPSA) is 99.8 Å². The van der Waals surface area contributed by atoms with Crippen LogP contribution in [0.2, 0.25) is 0 Å². The molecular weight excluding hydrogens is 194 g/mol. The highest BCUT2D eigenvalue weighted by Gasteiger charge is 2.19. The molecule has 1 atom stereocenters. The van der Waals surface area contributed by atoms with Crippen molar-refractivity contribution in [2.75, 3.05) is 0 Å². The fraction of sp³-hybridized carbons (Fsp3) is 0.667. The van der Waals surface area contributed by atoms with E-state index in [1.165, 1.54) is 0 Å². The summed E-state index contributed by atoms with van der Waals surface area (Å²) in [7, 11) is 0. The Balaban J connectivity index is 2.73. The van der Waals surface area contributed by atoms with Crippen molar-refractivity contribution < 1.29 is 4.79 Å². The van der Waals surface area contributed by atoms with Crippen molar-refractivity contribution >= 4 is 5.91 Å². The molecule has 0 saturated heterocycles. The van der Waals surface area contributed by atoms with Crippen LogP contribution in [0, 0.1) is 5.92 Å². The number of nitrogens with two attached hydrogens (primary N) is 2. The summed E-state index contributed by atoms with van der Waals surface area (Å²) in [6.45, 7) is 5.87. The number of hydrogen-bond acceptors (Lipinski definition) is 4. The maximum atomic E-state index is 10.8. The second kappa shape index (κ2) is 3.98. The zero-order valence-corrected chi connectivity index (χ0v) is 9.27. The normalized spacial score (nSPS) is 13.9. The van der Waals surface area contributed by atoms with Gasteiger partial charge in [0.25, 0.3) is 0 Å². The third-order valence-electron chi connectivity index (χ3n) is 2.15. The van der Waals surface area contributed by atoms with Crippen LogP contribution in [0.25, 0.3) is 0 Å². The van der Waals surface area contributed by atoms with Crippen molar-refractivity contribution in [3.05, 3.63) is 11.9 Å². The minimum atomic E-state index is -0.520. The Bertz CT molecular complexity index is 352. The summed E-state index contributed by atoms with van der Waals surface area (Å²) in [6, 6.07) is 0. The molecule has 6 heteroatoms. The minimum Gasteiger partial charge on any atom is -0.369 e. The zero-order chi connectivity index (χ0) is 11.6. The van der Waals surface area contributed by atoms with E-state index in [1.807, 2.05) is 13.8 Å². The van der Waals surface area contributed by atoms with Gasteiger partial charge in [0.05, 0.1) is 24.2 Å². The monoisotopic (exact) mass is 211 g/mol. The Kier molecular flexibility index (Phi) is 3.09. The lowest BCUT2D eigenvalue weighted by Gasteiger charge is -2.13. The maximum Gasteiger partial charge on any atom is 0.222 e. The van der Waals surface area contributed by atoms with E-state index in [-0.39, 0.29) is 11.8 Å². The van der Waals surface area contributed by atoms with Crippen LogP contribution in [0.4, 0.5) is 0 Å². The van der Waals surface area contributed by atoms with Gasteiger partial charge in [0.15, 0.2) is 0 Å². The van der Waals surface area contributed by atoms with Crippen molar-refractivity contribution in [2.24, 2.45) is 17.4 Å². The molecule has 0 aliphatic rings. The van der Waals surface area contributed by atoms with E-state index in [0.717, 1.165) is 0 Å². The maximum absolute atomic E-state index is 10.8. The smallest absolute Gasteiger partial charge is 0.222 e. The van der Waals surface area contributed by atoms with E-state index in [4.69, 9.17) is 11.5 Å². The van der Waals surface area contributed by atoms with Crippen LogP contribution < -0.4 is 11.5 Å². The first kappa shape index (κ1) is 11.6. The van der Waals surface area contributed by atoms with Crippen molar-refractivity contribution in [3.8, 4) is 0 Å².